The molecule has 0 spiro atoms. The topological polar surface area (TPSA) is 42.7 Å². The SMILES string of the molecule is c1cc(-n2cncc2C2CCCNC2)c2ccncc2c1. The average Bonchev–Trinajstić information content (AvgIpc) is 3.04. The summed E-state index contributed by atoms with van der Waals surface area (Å²) in [4.78, 5) is 8.61. The summed E-state index contributed by atoms with van der Waals surface area (Å²) in [6.45, 7) is 2.17. The number of nitrogens with zero attached hydrogens (tertiary/aromatic N) is 3. The molecule has 0 aliphatic carbocycles. The van der Waals surface area contributed by atoms with Crippen molar-refractivity contribution in [3.8, 4) is 5.69 Å². The average molecular weight is 278 g/mol. The molecule has 1 aliphatic heterocycles. The molecule has 1 unspecified atom stereocenters. The number of fused-ring (bicyclic) bond motifs is 1. The van der Waals surface area contributed by atoms with Crippen molar-refractivity contribution < 1.29 is 0 Å². The number of hydrogen-bond donors (Lipinski definition) is 1. The molecule has 1 N–H and O–H groups in total. The van der Waals surface area contributed by atoms with E-state index in [9.17, 15) is 0 Å². The normalized spacial score (nSPS) is 19.0. The number of aromatic nitrogens is 3. The van der Waals surface area contributed by atoms with Crippen molar-refractivity contribution in [2.45, 2.75) is 18.8 Å². The quantitative estimate of drug-likeness (QED) is 0.784. The van der Waals surface area contributed by atoms with Crippen molar-refractivity contribution in [3.63, 3.8) is 0 Å². The molecular weight excluding hydrogens is 260 g/mol. The number of benzene rings is 1. The first-order chi connectivity index (χ1) is 10.4. The lowest BCUT2D eigenvalue weighted by molar-refractivity contribution is 0.451. The molecule has 1 aliphatic rings. The van der Waals surface area contributed by atoms with Crippen LogP contribution in [0.3, 0.4) is 0 Å². The van der Waals surface area contributed by atoms with Crippen molar-refractivity contribution in [1.82, 2.24) is 19.9 Å². The van der Waals surface area contributed by atoms with Gasteiger partial charge in [0.1, 0.15) is 0 Å². The van der Waals surface area contributed by atoms with Gasteiger partial charge in [-0.25, -0.2) is 4.98 Å². The van der Waals surface area contributed by atoms with Crippen LogP contribution in [-0.4, -0.2) is 27.6 Å². The Bertz CT molecular complexity index is 751. The maximum Gasteiger partial charge on any atom is 0.0994 e. The van der Waals surface area contributed by atoms with Gasteiger partial charge in [0.05, 0.1) is 12.0 Å². The van der Waals surface area contributed by atoms with Crippen molar-refractivity contribution in [1.29, 1.82) is 0 Å². The van der Waals surface area contributed by atoms with E-state index in [1.807, 2.05) is 24.9 Å². The van der Waals surface area contributed by atoms with E-state index in [4.69, 9.17) is 0 Å². The number of rotatable bonds is 2. The lowest BCUT2D eigenvalue weighted by Crippen LogP contribution is -2.29. The van der Waals surface area contributed by atoms with Gasteiger partial charge in [0.2, 0.25) is 0 Å². The fourth-order valence-corrected chi connectivity index (χ4v) is 3.23. The first-order valence-electron chi connectivity index (χ1n) is 7.49. The van der Waals surface area contributed by atoms with E-state index in [1.54, 1.807) is 0 Å². The third kappa shape index (κ3) is 2.21. The molecule has 0 amide bonds. The predicted octanol–water partition coefficient (Wildman–Crippen LogP) is 2.89. The Labute approximate surface area is 123 Å². The summed E-state index contributed by atoms with van der Waals surface area (Å²) in [6.07, 6.45) is 10.2. The highest BCUT2D eigenvalue weighted by Crippen LogP contribution is 2.28. The molecular formula is C17H18N4. The molecule has 1 aromatic carbocycles. The van der Waals surface area contributed by atoms with Crippen molar-refractivity contribution >= 4 is 10.8 Å². The van der Waals surface area contributed by atoms with Gasteiger partial charge < -0.3 is 9.88 Å². The van der Waals surface area contributed by atoms with E-state index in [1.165, 1.54) is 29.6 Å². The Kier molecular flexibility index (Phi) is 3.16. The largest absolute Gasteiger partial charge is 0.316 e. The lowest BCUT2D eigenvalue weighted by Gasteiger charge is -2.24. The van der Waals surface area contributed by atoms with Crippen LogP contribution < -0.4 is 5.32 Å². The smallest absolute Gasteiger partial charge is 0.0994 e. The van der Waals surface area contributed by atoms with Crippen molar-refractivity contribution in [2.75, 3.05) is 13.1 Å². The molecule has 3 heterocycles. The van der Waals surface area contributed by atoms with Gasteiger partial charge in [-0.15, -0.1) is 0 Å². The Morgan fingerprint density at radius 1 is 1.14 bits per heavy atom. The zero-order valence-electron chi connectivity index (χ0n) is 11.9. The molecule has 0 bridgehead atoms. The van der Waals surface area contributed by atoms with Gasteiger partial charge in [0, 0.05) is 47.5 Å². The maximum atomic E-state index is 4.40. The minimum Gasteiger partial charge on any atom is -0.316 e. The van der Waals surface area contributed by atoms with E-state index in [0.717, 1.165) is 18.5 Å². The summed E-state index contributed by atoms with van der Waals surface area (Å²) in [6, 6.07) is 8.42. The second kappa shape index (κ2) is 5.30. The first kappa shape index (κ1) is 12.5. The summed E-state index contributed by atoms with van der Waals surface area (Å²) in [5, 5.41) is 5.87. The highest BCUT2D eigenvalue weighted by atomic mass is 15.1. The number of imidazole rings is 1. The summed E-state index contributed by atoms with van der Waals surface area (Å²) in [7, 11) is 0. The van der Waals surface area contributed by atoms with Crippen LogP contribution in [-0.2, 0) is 0 Å². The molecule has 4 heteroatoms. The Balaban J connectivity index is 1.84. The molecule has 2 aromatic heterocycles. The number of hydrogen-bond acceptors (Lipinski definition) is 3. The summed E-state index contributed by atoms with van der Waals surface area (Å²) >= 11 is 0. The van der Waals surface area contributed by atoms with Crippen LogP contribution in [0.4, 0.5) is 0 Å². The Morgan fingerprint density at radius 3 is 3.05 bits per heavy atom. The van der Waals surface area contributed by atoms with Crippen LogP contribution >= 0.6 is 0 Å². The molecule has 21 heavy (non-hydrogen) atoms. The highest BCUT2D eigenvalue weighted by molar-refractivity contribution is 5.89. The minimum absolute atomic E-state index is 0.540. The van der Waals surface area contributed by atoms with Crippen LogP contribution in [0.2, 0.25) is 0 Å². The van der Waals surface area contributed by atoms with E-state index in [2.05, 4.69) is 44.1 Å². The third-order valence-electron chi connectivity index (χ3n) is 4.30. The lowest BCUT2D eigenvalue weighted by atomic mass is 9.96. The van der Waals surface area contributed by atoms with Crippen LogP contribution in [0.1, 0.15) is 24.5 Å². The Morgan fingerprint density at radius 2 is 2.14 bits per heavy atom. The maximum absolute atomic E-state index is 4.40. The van der Waals surface area contributed by atoms with Crippen LogP contribution in [0.15, 0.2) is 49.2 Å². The van der Waals surface area contributed by atoms with Gasteiger partial charge in [0.15, 0.2) is 0 Å². The summed E-state index contributed by atoms with van der Waals surface area (Å²) < 4.78 is 2.24. The fraction of sp³-hybridized carbons (Fsp3) is 0.294. The molecule has 106 valence electrons. The van der Waals surface area contributed by atoms with Crippen LogP contribution in [0.25, 0.3) is 16.5 Å². The molecule has 4 rings (SSSR count). The highest BCUT2D eigenvalue weighted by Gasteiger charge is 2.19. The number of pyridine rings is 1. The second-order valence-corrected chi connectivity index (χ2v) is 5.61. The van der Waals surface area contributed by atoms with Crippen LogP contribution in [0.5, 0.6) is 0 Å². The van der Waals surface area contributed by atoms with Gasteiger partial charge in [0.25, 0.3) is 0 Å². The molecule has 4 nitrogen and oxygen atoms in total. The summed E-state index contributed by atoms with van der Waals surface area (Å²) in [5.41, 5.74) is 2.49. The third-order valence-corrected chi connectivity index (χ3v) is 4.30. The molecule has 3 aromatic rings. The fourth-order valence-electron chi connectivity index (χ4n) is 3.23. The molecule has 0 saturated carbocycles. The zero-order valence-corrected chi connectivity index (χ0v) is 11.9. The second-order valence-electron chi connectivity index (χ2n) is 5.61. The van der Waals surface area contributed by atoms with E-state index < -0.39 is 0 Å². The van der Waals surface area contributed by atoms with Crippen molar-refractivity contribution in [3.05, 3.63) is 54.9 Å². The minimum atomic E-state index is 0.540. The zero-order chi connectivity index (χ0) is 14.1. The van der Waals surface area contributed by atoms with Crippen LogP contribution in [0, 0.1) is 0 Å². The standard InChI is InChI=1S/C17H18N4/c1-3-13-9-19-8-6-15(13)16(5-1)21-12-20-11-17(21)14-4-2-7-18-10-14/h1,3,5-6,8-9,11-12,14,18H,2,4,7,10H2. The van der Waals surface area contributed by atoms with Gasteiger partial charge in [-0.05, 0) is 31.5 Å². The summed E-state index contributed by atoms with van der Waals surface area (Å²) in [5.74, 6) is 0.540. The molecule has 1 atom stereocenters. The molecule has 0 radical (unpaired) electrons. The van der Waals surface area contributed by atoms with Crippen molar-refractivity contribution in [2.24, 2.45) is 0 Å². The predicted molar refractivity (Wildman–Crippen MR) is 83.7 cm³/mol. The van der Waals surface area contributed by atoms with Gasteiger partial charge in [-0.3, -0.25) is 4.98 Å². The Hall–Kier alpha value is -2.20. The van der Waals surface area contributed by atoms with Gasteiger partial charge in [-0.2, -0.15) is 0 Å². The molecule has 1 fully saturated rings. The van der Waals surface area contributed by atoms with Gasteiger partial charge >= 0.3 is 0 Å². The molecule has 1 saturated heterocycles. The number of nitrogens with one attached hydrogen (secondary N) is 1. The van der Waals surface area contributed by atoms with Gasteiger partial charge in [-0.1, -0.05) is 12.1 Å². The first-order valence-corrected chi connectivity index (χ1v) is 7.49. The number of piperidine rings is 1. The monoisotopic (exact) mass is 278 g/mol. The van der Waals surface area contributed by atoms with E-state index in [-0.39, 0.29) is 0 Å². The van der Waals surface area contributed by atoms with E-state index in [0.29, 0.717) is 5.92 Å². The van der Waals surface area contributed by atoms with E-state index >= 15 is 0 Å².